The molecule has 1 fully saturated rings. The number of alkyl halides is 3. The summed E-state index contributed by atoms with van der Waals surface area (Å²) in [6, 6.07) is 0.987. The first-order chi connectivity index (χ1) is 11.4. The summed E-state index contributed by atoms with van der Waals surface area (Å²) >= 11 is 0. The van der Waals surface area contributed by atoms with E-state index in [2.05, 4.69) is 25.9 Å². The van der Waals surface area contributed by atoms with Gasteiger partial charge in [-0.1, -0.05) is 6.92 Å². The zero-order chi connectivity index (χ0) is 17.6. The number of aromatic nitrogens is 2. The van der Waals surface area contributed by atoms with E-state index < -0.39 is 11.9 Å². The fourth-order valence-corrected chi connectivity index (χ4v) is 2.64. The van der Waals surface area contributed by atoms with Crippen LogP contribution in [0.2, 0.25) is 0 Å². The van der Waals surface area contributed by atoms with Gasteiger partial charge in [-0.25, -0.2) is 4.98 Å². The smallest absolute Gasteiger partial charge is 0.370 e. The molecule has 1 aliphatic rings. The lowest BCUT2D eigenvalue weighted by molar-refractivity contribution is -0.141. The zero-order valence-corrected chi connectivity index (χ0v) is 14.2. The maximum Gasteiger partial charge on any atom is 0.433 e. The second-order valence-electron chi connectivity index (χ2n) is 6.32. The molecule has 8 heteroatoms. The van der Waals surface area contributed by atoms with Gasteiger partial charge in [0.2, 0.25) is 5.95 Å². The van der Waals surface area contributed by atoms with Crippen LogP contribution >= 0.6 is 0 Å². The molecule has 3 N–H and O–H groups in total. The molecule has 136 valence electrons. The second-order valence-corrected chi connectivity index (χ2v) is 6.32. The molecule has 0 aliphatic carbocycles. The summed E-state index contributed by atoms with van der Waals surface area (Å²) in [5.41, 5.74) is -0.923. The normalized spacial score (nSPS) is 17.5. The fourth-order valence-electron chi connectivity index (χ4n) is 2.64. The summed E-state index contributed by atoms with van der Waals surface area (Å²) in [6.07, 6.45) is -0.556. The lowest BCUT2D eigenvalue weighted by Crippen LogP contribution is -2.28. The van der Waals surface area contributed by atoms with Crippen LogP contribution in [0, 0.1) is 5.92 Å². The average Bonchev–Trinajstić information content (AvgIpc) is 2.55. The second kappa shape index (κ2) is 8.50. The first-order valence-electron chi connectivity index (χ1n) is 8.56. The molecule has 5 nitrogen and oxygen atoms in total. The summed E-state index contributed by atoms with van der Waals surface area (Å²) in [5, 5.41) is 9.24. The Bertz CT molecular complexity index is 515. The highest BCUT2D eigenvalue weighted by Gasteiger charge is 2.33. The van der Waals surface area contributed by atoms with Crippen molar-refractivity contribution in [1.82, 2.24) is 15.3 Å². The highest BCUT2D eigenvalue weighted by atomic mass is 19.4. The molecule has 2 heterocycles. The van der Waals surface area contributed by atoms with Crippen molar-refractivity contribution in [3.63, 3.8) is 0 Å². The third-order valence-electron chi connectivity index (χ3n) is 4.32. The molecular weight excluding hydrogens is 319 g/mol. The fraction of sp³-hybridized carbons (Fsp3) is 0.750. The molecule has 0 unspecified atom stereocenters. The van der Waals surface area contributed by atoms with Crippen LogP contribution in [0.25, 0.3) is 0 Å². The first kappa shape index (κ1) is 18.8. The number of rotatable bonds is 7. The summed E-state index contributed by atoms with van der Waals surface area (Å²) in [6.45, 7) is 6.47. The predicted molar refractivity (Wildman–Crippen MR) is 89.1 cm³/mol. The van der Waals surface area contributed by atoms with Gasteiger partial charge < -0.3 is 16.0 Å². The SMILES string of the molecule is CC[C@@H](C)Nc1nc(NCCC2CCNCC2)cc(C(F)(F)F)n1. The van der Waals surface area contributed by atoms with Crippen molar-refractivity contribution in [3.8, 4) is 0 Å². The van der Waals surface area contributed by atoms with E-state index in [1.165, 1.54) is 0 Å². The van der Waals surface area contributed by atoms with E-state index in [0.717, 1.165) is 44.8 Å². The Morgan fingerprint density at radius 2 is 2.00 bits per heavy atom. The lowest BCUT2D eigenvalue weighted by Gasteiger charge is -2.22. The lowest BCUT2D eigenvalue weighted by atomic mass is 9.95. The monoisotopic (exact) mass is 345 g/mol. The van der Waals surface area contributed by atoms with Crippen molar-refractivity contribution < 1.29 is 13.2 Å². The Hall–Kier alpha value is -1.57. The Labute approximate surface area is 140 Å². The number of halogens is 3. The molecule has 0 saturated carbocycles. The van der Waals surface area contributed by atoms with Gasteiger partial charge in [-0.2, -0.15) is 18.2 Å². The van der Waals surface area contributed by atoms with Crippen molar-refractivity contribution in [2.45, 2.75) is 51.7 Å². The topological polar surface area (TPSA) is 61.9 Å². The van der Waals surface area contributed by atoms with Crippen LogP contribution in [-0.4, -0.2) is 35.6 Å². The van der Waals surface area contributed by atoms with E-state index in [-0.39, 0.29) is 17.8 Å². The Morgan fingerprint density at radius 3 is 2.62 bits per heavy atom. The van der Waals surface area contributed by atoms with Gasteiger partial charge in [0.1, 0.15) is 5.82 Å². The van der Waals surface area contributed by atoms with Gasteiger partial charge in [0.15, 0.2) is 5.69 Å². The van der Waals surface area contributed by atoms with Crippen LogP contribution in [-0.2, 0) is 6.18 Å². The minimum Gasteiger partial charge on any atom is -0.370 e. The molecule has 2 rings (SSSR count). The van der Waals surface area contributed by atoms with Gasteiger partial charge in [0, 0.05) is 18.7 Å². The maximum absolute atomic E-state index is 13.0. The van der Waals surface area contributed by atoms with Crippen LogP contribution in [0.15, 0.2) is 6.07 Å². The molecule has 0 radical (unpaired) electrons. The minimum atomic E-state index is -4.49. The van der Waals surface area contributed by atoms with Gasteiger partial charge in [-0.3, -0.25) is 0 Å². The third-order valence-corrected chi connectivity index (χ3v) is 4.32. The summed E-state index contributed by atoms with van der Waals surface area (Å²) in [5.74, 6) is 0.848. The van der Waals surface area contributed by atoms with Crippen LogP contribution in [0.1, 0.15) is 45.2 Å². The number of hydrogen-bond donors (Lipinski definition) is 3. The number of nitrogens with one attached hydrogen (secondary N) is 3. The largest absolute Gasteiger partial charge is 0.433 e. The van der Waals surface area contributed by atoms with Crippen molar-refractivity contribution in [3.05, 3.63) is 11.8 Å². The van der Waals surface area contributed by atoms with Crippen molar-refractivity contribution in [1.29, 1.82) is 0 Å². The molecule has 1 aliphatic heterocycles. The Balaban J connectivity index is 2.02. The van der Waals surface area contributed by atoms with Gasteiger partial charge >= 0.3 is 6.18 Å². The standard InChI is InChI=1S/C16H26F3N5/c1-3-11(2)22-15-23-13(16(17,18)19)10-14(24-15)21-9-6-12-4-7-20-8-5-12/h10-12,20H,3-9H2,1-2H3,(H2,21,22,23,24)/t11-/m1/s1. The number of hydrogen-bond acceptors (Lipinski definition) is 5. The highest BCUT2D eigenvalue weighted by Crippen LogP contribution is 2.30. The van der Waals surface area contributed by atoms with E-state index >= 15 is 0 Å². The van der Waals surface area contributed by atoms with Gasteiger partial charge in [0.25, 0.3) is 0 Å². The molecule has 1 atom stereocenters. The molecule has 1 aromatic rings. The van der Waals surface area contributed by atoms with E-state index in [0.29, 0.717) is 12.5 Å². The van der Waals surface area contributed by atoms with Gasteiger partial charge in [-0.15, -0.1) is 0 Å². The quantitative estimate of drug-likeness (QED) is 0.706. The minimum absolute atomic E-state index is 0.0103. The Kier molecular flexibility index (Phi) is 6.65. The zero-order valence-electron chi connectivity index (χ0n) is 14.2. The number of nitrogens with zero attached hydrogens (tertiary/aromatic N) is 2. The molecule has 0 bridgehead atoms. The summed E-state index contributed by atoms with van der Waals surface area (Å²) in [7, 11) is 0. The summed E-state index contributed by atoms with van der Waals surface area (Å²) < 4.78 is 39.1. The van der Waals surface area contributed by atoms with Gasteiger partial charge in [0.05, 0.1) is 0 Å². The van der Waals surface area contributed by atoms with Crippen LogP contribution < -0.4 is 16.0 Å². The first-order valence-corrected chi connectivity index (χ1v) is 8.56. The van der Waals surface area contributed by atoms with Crippen molar-refractivity contribution in [2.75, 3.05) is 30.3 Å². The van der Waals surface area contributed by atoms with E-state index in [9.17, 15) is 13.2 Å². The molecule has 0 aromatic carbocycles. The van der Waals surface area contributed by atoms with E-state index in [1.54, 1.807) is 0 Å². The molecule has 1 saturated heterocycles. The van der Waals surface area contributed by atoms with Crippen LogP contribution in [0.3, 0.4) is 0 Å². The number of piperidine rings is 1. The van der Waals surface area contributed by atoms with Gasteiger partial charge in [-0.05, 0) is 51.6 Å². The third kappa shape index (κ3) is 5.81. The Morgan fingerprint density at radius 1 is 1.29 bits per heavy atom. The highest BCUT2D eigenvalue weighted by molar-refractivity contribution is 5.43. The van der Waals surface area contributed by atoms with Crippen LogP contribution in [0.4, 0.5) is 24.9 Å². The number of anilines is 2. The maximum atomic E-state index is 13.0. The molecule has 0 amide bonds. The summed E-state index contributed by atoms with van der Waals surface area (Å²) in [4.78, 5) is 7.77. The molecule has 0 spiro atoms. The van der Waals surface area contributed by atoms with E-state index in [1.807, 2.05) is 13.8 Å². The molecule has 24 heavy (non-hydrogen) atoms. The molecule has 1 aromatic heterocycles. The predicted octanol–water partition coefficient (Wildman–Crippen LogP) is 3.51. The molecular formula is C16H26F3N5. The van der Waals surface area contributed by atoms with Crippen molar-refractivity contribution in [2.24, 2.45) is 5.92 Å². The van der Waals surface area contributed by atoms with Crippen LogP contribution in [0.5, 0.6) is 0 Å². The van der Waals surface area contributed by atoms with E-state index in [4.69, 9.17) is 0 Å². The van der Waals surface area contributed by atoms with Crippen molar-refractivity contribution >= 4 is 11.8 Å². The average molecular weight is 345 g/mol.